The number of rotatable bonds is 4. The number of benzene rings is 2. The molecule has 0 unspecified atom stereocenters. The number of nitro groups is 1. The van der Waals surface area contributed by atoms with Crippen molar-refractivity contribution in [3.05, 3.63) is 63.2 Å². The SMILES string of the molecule is N=C(N)c1ccc(Sc2ccccc2[N+](=O)[O-])c(Cl)c1. The normalized spacial score (nSPS) is 10.2. The van der Waals surface area contributed by atoms with Crippen molar-refractivity contribution in [3.63, 3.8) is 0 Å². The zero-order valence-electron chi connectivity index (χ0n) is 10.2. The number of nitrogens with zero attached hydrogens (tertiary/aromatic N) is 1. The molecule has 5 nitrogen and oxygen atoms in total. The fourth-order valence-electron chi connectivity index (χ4n) is 1.56. The fourth-order valence-corrected chi connectivity index (χ4v) is 2.78. The van der Waals surface area contributed by atoms with Gasteiger partial charge in [0.2, 0.25) is 0 Å². The number of hydrogen-bond acceptors (Lipinski definition) is 4. The molecule has 0 heterocycles. The highest BCUT2D eigenvalue weighted by atomic mass is 35.5. The summed E-state index contributed by atoms with van der Waals surface area (Å²) in [6.07, 6.45) is 0. The summed E-state index contributed by atoms with van der Waals surface area (Å²) >= 11 is 7.32. The van der Waals surface area contributed by atoms with Crippen LogP contribution in [0.2, 0.25) is 5.02 Å². The molecule has 0 bridgehead atoms. The Morgan fingerprint density at radius 1 is 1.25 bits per heavy atom. The number of para-hydroxylation sites is 1. The van der Waals surface area contributed by atoms with Crippen molar-refractivity contribution in [3.8, 4) is 0 Å². The maximum atomic E-state index is 11.0. The molecule has 3 N–H and O–H groups in total. The molecule has 0 amide bonds. The molecule has 0 aromatic heterocycles. The van der Waals surface area contributed by atoms with Gasteiger partial charge in [-0.15, -0.1) is 0 Å². The molecule has 20 heavy (non-hydrogen) atoms. The Balaban J connectivity index is 2.36. The first kappa shape index (κ1) is 14.4. The first-order valence-corrected chi connectivity index (χ1v) is 6.73. The van der Waals surface area contributed by atoms with E-state index in [2.05, 4.69) is 0 Å². The fraction of sp³-hybridized carbons (Fsp3) is 0. The summed E-state index contributed by atoms with van der Waals surface area (Å²) in [6, 6.07) is 11.4. The van der Waals surface area contributed by atoms with Crippen LogP contribution in [-0.2, 0) is 0 Å². The molecule has 0 atom stereocenters. The average molecular weight is 308 g/mol. The van der Waals surface area contributed by atoms with Crippen LogP contribution in [0.1, 0.15) is 5.56 Å². The van der Waals surface area contributed by atoms with Crippen LogP contribution in [0.25, 0.3) is 0 Å². The highest BCUT2D eigenvalue weighted by molar-refractivity contribution is 7.99. The molecule has 0 aliphatic rings. The summed E-state index contributed by atoms with van der Waals surface area (Å²) in [5.74, 6) is -0.0749. The molecular weight excluding hydrogens is 298 g/mol. The topological polar surface area (TPSA) is 93.0 Å². The van der Waals surface area contributed by atoms with Gasteiger partial charge in [0.1, 0.15) is 5.84 Å². The Kier molecular flexibility index (Phi) is 4.26. The summed E-state index contributed by atoms with van der Waals surface area (Å²) in [5, 5.41) is 18.7. The maximum absolute atomic E-state index is 11.0. The predicted molar refractivity (Wildman–Crippen MR) is 79.7 cm³/mol. The molecular formula is C13H10ClN3O2S. The van der Waals surface area contributed by atoms with Gasteiger partial charge in [0, 0.05) is 16.5 Å². The number of amidine groups is 1. The second-order valence-electron chi connectivity index (χ2n) is 3.89. The average Bonchev–Trinajstić information content (AvgIpc) is 2.41. The van der Waals surface area contributed by atoms with Gasteiger partial charge in [-0.25, -0.2) is 0 Å². The lowest BCUT2D eigenvalue weighted by molar-refractivity contribution is -0.387. The molecule has 0 fully saturated rings. The van der Waals surface area contributed by atoms with Gasteiger partial charge in [0.05, 0.1) is 14.8 Å². The van der Waals surface area contributed by atoms with Gasteiger partial charge in [0.25, 0.3) is 5.69 Å². The quantitative estimate of drug-likeness (QED) is 0.390. The summed E-state index contributed by atoms with van der Waals surface area (Å²) in [6.45, 7) is 0. The highest BCUT2D eigenvalue weighted by Crippen LogP contribution is 2.38. The van der Waals surface area contributed by atoms with E-state index in [1.54, 1.807) is 36.4 Å². The molecule has 2 aromatic carbocycles. The monoisotopic (exact) mass is 307 g/mol. The second kappa shape index (κ2) is 5.94. The van der Waals surface area contributed by atoms with Crippen LogP contribution in [0.5, 0.6) is 0 Å². The number of nitrogens with one attached hydrogen (secondary N) is 1. The first-order valence-electron chi connectivity index (χ1n) is 5.54. The smallest absolute Gasteiger partial charge is 0.283 e. The Morgan fingerprint density at radius 3 is 2.55 bits per heavy atom. The van der Waals surface area contributed by atoms with Crippen LogP contribution in [0, 0.1) is 15.5 Å². The van der Waals surface area contributed by atoms with Crippen LogP contribution in [-0.4, -0.2) is 10.8 Å². The lowest BCUT2D eigenvalue weighted by atomic mass is 10.2. The zero-order chi connectivity index (χ0) is 14.7. The Labute approximate surface area is 124 Å². The number of nitrogen functional groups attached to an aromatic ring is 1. The Bertz CT molecular complexity index is 691. The van der Waals surface area contributed by atoms with Crippen LogP contribution in [0.4, 0.5) is 5.69 Å². The van der Waals surface area contributed by atoms with Gasteiger partial charge in [0.15, 0.2) is 0 Å². The molecule has 0 saturated heterocycles. The van der Waals surface area contributed by atoms with E-state index >= 15 is 0 Å². The summed E-state index contributed by atoms with van der Waals surface area (Å²) in [4.78, 5) is 11.7. The molecule has 0 spiro atoms. The lowest BCUT2D eigenvalue weighted by Gasteiger charge is -2.06. The van der Waals surface area contributed by atoms with Crippen LogP contribution in [0.15, 0.2) is 52.3 Å². The minimum Gasteiger partial charge on any atom is -0.384 e. The van der Waals surface area contributed by atoms with Gasteiger partial charge in [-0.2, -0.15) is 0 Å². The van der Waals surface area contributed by atoms with Crippen LogP contribution in [0.3, 0.4) is 0 Å². The number of halogens is 1. The standard InChI is InChI=1S/C13H10ClN3O2S/c14-9-7-8(13(15)16)5-6-11(9)20-12-4-2-1-3-10(12)17(18)19/h1-7H,(H3,15,16). The van der Waals surface area contributed by atoms with Crippen molar-refractivity contribution in [2.24, 2.45) is 5.73 Å². The van der Waals surface area contributed by atoms with E-state index in [0.717, 1.165) is 0 Å². The molecule has 0 radical (unpaired) electrons. The molecule has 0 aliphatic carbocycles. The van der Waals surface area contributed by atoms with Crippen LogP contribution >= 0.6 is 23.4 Å². The second-order valence-corrected chi connectivity index (χ2v) is 5.38. The van der Waals surface area contributed by atoms with Gasteiger partial charge < -0.3 is 5.73 Å². The van der Waals surface area contributed by atoms with Crippen molar-refractivity contribution >= 4 is 34.9 Å². The van der Waals surface area contributed by atoms with E-state index in [-0.39, 0.29) is 11.5 Å². The Hall–Kier alpha value is -2.05. The number of nitro benzene ring substituents is 1. The molecule has 0 aliphatic heterocycles. The van der Waals surface area contributed by atoms with E-state index in [4.69, 9.17) is 22.7 Å². The molecule has 2 rings (SSSR count). The highest BCUT2D eigenvalue weighted by Gasteiger charge is 2.15. The first-order chi connectivity index (χ1) is 9.49. The van der Waals surface area contributed by atoms with Crippen molar-refractivity contribution in [2.45, 2.75) is 9.79 Å². The van der Waals surface area contributed by atoms with Crippen LogP contribution < -0.4 is 5.73 Å². The van der Waals surface area contributed by atoms with Crippen molar-refractivity contribution in [1.82, 2.24) is 0 Å². The third kappa shape index (κ3) is 3.09. The molecule has 0 saturated carbocycles. The maximum Gasteiger partial charge on any atom is 0.283 e. The summed E-state index contributed by atoms with van der Waals surface area (Å²) < 4.78 is 0. The Morgan fingerprint density at radius 2 is 1.95 bits per heavy atom. The molecule has 102 valence electrons. The largest absolute Gasteiger partial charge is 0.384 e. The van der Waals surface area contributed by atoms with E-state index in [1.165, 1.54) is 17.8 Å². The lowest BCUT2D eigenvalue weighted by Crippen LogP contribution is -2.10. The predicted octanol–water partition coefficient (Wildman–Crippen LogP) is 3.68. The van der Waals surface area contributed by atoms with E-state index in [9.17, 15) is 10.1 Å². The van der Waals surface area contributed by atoms with Gasteiger partial charge >= 0.3 is 0 Å². The van der Waals surface area contributed by atoms with Gasteiger partial charge in [-0.1, -0.05) is 41.6 Å². The minimum absolute atomic E-state index is 0.0317. The third-order valence-electron chi connectivity index (χ3n) is 2.52. The number of nitrogens with two attached hydrogens (primary N) is 1. The van der Waals surface area contributed by atoms with Gasteiger partial charge in [-0.3, -0.25) is 15.5 Å². The minimum atomic E-state index is -0.430. The zero-order valence-corrected chi connectivity index (χ0v) is 11.7. The van der Waals surface area contributed by atoms with Crippen molar-refractivity contribution < 1.29 is 4.92 Å². The number of hydrogen-bond donors (Lipinski definition) is 2. The van der Waals surface area contributed by atoms with Gasteiger partial charge in [-0.05, 0) is 18.2 Å². The van der Waals surface area contributed by atoms with E-state index in [0.29, 0.717) is 20.4 Å². The van der Waals surface area contributed by atoms with Crippen molar-refractivity contribution in [1.29, 1.82) is 5.41 Å². The molecule has 2 aromatic rings. The molecule has 7 heteroatoms. The summed E-state index contributed by atoms with van der Waals surface area (Å²) in [5.41, 5.74) is 5.92. The van der Waals surface area contributed by atoms with E-state index in [1.807, 2.05) is 0 Å². The van der Waals surface area contributed by atoms with E-state index < -0.39 is 4.92 Å². The summed E-state index contributed by atoms with van der Waals surface area (Å²) in [7, 11) is 0. The van der Waals surface area contributed by atoms with Crippen molar-refractivity contribution in [2.75, 3.05) is 0 Å². The third-order valence-corrected chi connectivity index (χ3v) is 4.09.